The monoisotopic (exact) mass is 453 g/mol. The van der Waals surface area contributed by atoms with Crippen LogP contribution in [0.1, 0.15) is 36.5 Å². The van der Waals surface area contributed by atoms with Crippen molar-refractivity contribution in [3.8, 4) is 6.07 Å². The maximum absolute atomic E-state index is 12.9. The molecule has 8 nitrogen and oxygen atoms in total. The van der Waals surface area contributed by atoms with Gasteiger partial charge in [-0.3, -0.25) is 14.6 Å². The number of rotatable bonds is 5. The second-order valence-electron chi connectivity index (χ2n) is 8.32. The zero-order valence-corrected chi connectivity index (χ0v) is 18.9. The molecule has 4 rings (SSSR count). The number of piperidine rings is 1. The summed E-state index contributed by atoms with van der Waals surface area (Å²) in [4.78, 5) is 33.5. The molecule has 2 amide bonds. The lowest BCUT2D eigenvalue weighted by Gasteiger charge is -2.39. The molecular weight excluding hydrogens is 426 g/mol. The first kappa shape index (κ1) is 22.4. The van der Waals surface area contributed by atoms with Crippen molar-refractivity contribution in [2.75, 3.05) is 36.2 Å². The molecule has 0 radical (unpaired) electrons. The van der Waals surface area contributed by atoms with Gasteiger partial charge in [-0.1, -0.05) is 6.92 Å². The summed E-state index contributed by atoms with van der Waals surface area (Å²) in [6, 6.07) is 9.18. The molecule has 0 bridgehead atoms. The highest BCUT2D eigenvalue weighted by atomic mass is 32.2. The van der Waals surface area contributed by atoms with Crippen LogP contribution in [0.5, 0.6) is 0 Å². The van der Waals surface area contributed by atoms with Crippen LogP contribution in [-0.4, -0.2) is 69.7 Å². The number of carbonyl (C=O) groups excluding carboxylic acids is 2. The Morgan fingerprint density at radius 1 is 1.34 bits per heavy atom. The highest BCUT2D eigenvalue weighted by Gasteiger charge is 2.31. The summed E-state index contributed by atoms with van der Waals surface area (Å²) in [6.45, 7) is 3.36. The van der Waals surface area contributed by atoms with Crippen LogP contribution in [0.2, 0.25) is 0 Å². The number of amides is 2. The van der Waals surface area contributed by atoms with Gasteiger partial charge in [-0.25, -0.2) is 0 Å². The Hall–Kier alpha value is -2.83. The number of pyridine rings is 1. The number of aliphatic hydroxyl groups is 1. The van der Waals surface area contributed by atoms with Crippen molar-refractivity contribution in [2.45, 2.75) is 37.8 Å². The summed E-state index contributed by atoms with van der Waals surface area (Å²) >= 11 is 1.53. The van der Waals surface area contributed by atoms with Crippen LogP contribution in [0.3, 0.4) is 0 Å². The number of hydrogen-bond donors (Lipinski definition) is 2. The van der Waals surface area contributed by atoms with E-state index < -0.39 is 11.6 Å². The predicted molar refractivity (Wildman–Crippen MR) is 124 cm³/mol. The van der Waals surface area contributed by atoms with Crippen molar-refractivity contribution in [3.05, 3.63) is 36.0 Å². The molecule has 1 atom stereocenters. The summed E-state index contributed by atoms with van der Waals surface area (Å²) in [6.07, 6.45) is 3.76. The van der Waals surface area contributed by atoms with E-state index in [0.29, 0.717) is 35.6 Å². The van der Waals surface area contributed by atoms with Gasteiger partial charge in [-0.05, 0) is 43.5 Å². The van der Waals surface area contributed by atoms with Crippen molar-refractivity contribution in [3.63, 3.8) is 0 Å². The molecular formula is C23H27N5O3S. The third-order valence-electron chi connectivity index (χ3n) is 6.44. The van der Waals surface area contributed by atoms with E-state index >= 15 is 0 Å². The van der Waals surface area contributed by atoms with E-state index in [-0.39, 0.29) is 18.4 Å². The molecule has 168 valence electrons. The first-order chi connectivity index (χ1) is 15.4. The zero-order valence-electron chi connectivity index (χ0n) is 18.1. The predicted octanol–water partition coefficient (Wildman–Crippen LogP) is 2.13. The van der Waals surface area contributed by atoms with E-state index in [9.17, 15) is 14.7 Å². The van der Waals surface area contributed by atoms with Crippen LogP contribution in [0.25, 0.3) is 10.9 Å². The first-order valence-electron chi connectivity index (χ1n) is 10.9. The molecule has 3 heterocycles. The van der Waals surface area contributed by atoms with Crippen molar-refractivity contribution in [1.29, 1.82) is 5.26 Å². The Balaban J connectivity index is 1.49. The molecule has 0 unspecified atom stereocenters. The SMILES string of the molecule is CCC1(O)CCN(c2ccc3nccc(C(=O)NCC(=O)N4CSC[C@H]4C#N)c3c2)CC1. The van der Waals surface area contributed by atoms with Crippen molar-refractivity contribution in [2.24, 2.45) is 0 Å². The number of nitrogens with zero attached hydrogens (tertiary/aromatic N) is 4. The van der Waals surface area contributed by atoms with Crippen LogP contribution < -0.4 is 10.2 Å². The van der Waals surface area contributed by atoms with E-state index in [1.54, 1.807) is 12.3 Å². The van der Waals surface area contributed by atoms with Crippen LogP contribution in [0, 0.1) is 11.3 Å². The number of hydrogen-bond acceptors (Lipinski definition) is 7. The zero-order chi connectivity index (χ0) is 22.7. The minimum Gasteiger partial charge on any atom is -0.390 e. The Morgan fingerprint density at radius 3 is 2.84 bits per heavy atom. The minimum atomic E-state index is -0.592. The van der Waals surface area contributed by atoms with Crippen LogP contribution in [0.15, 0.2) is 30.5 Å². The fourth-order valence-corrected chi connectivity index (χ4v) is 5.32. The number of nitriles is 1. The van der Waals surface area contributed by atoms with Gasteiger partial charge in [-0.2, -0.15) is 5.26 Å². The smallest absolute Gasteiger partial charge is 0.252 e. The van der Waals surface area contributed by atoms with Gasteiger partial charge < -0.3 is 20.2 Å². The first-order valence-corrected chi connectivity index (χ1v) is 12.0. The number of anilines is 1. The number of benzene rings is 1. The number of nitrogens with one attached hydrogen (secondary N) is 1. The van der Waals surface area contributed by atoms with Crippen LogP contribution >= 0.6 is 11.8 Å². The topological polar surface area (TPSA) is 110 Å². The molecule has 9 heteroatoms. The van der Waals surface area contributed by atoms with Gasteiger partial charge in [0.2, 0.25) is 5.91 Å². The number of carbonyl (C=O) groups is 2. The minimum absolute atomic E-state index is 0.150. The third kappa shape index (κ3) is 4.52. The van der Waals surface area contributed by atoms with Crippen LogP contribution in [0.4, 0.5) is 5.69 Å². The molecule has 32 heavy (non-hydrogen) atoms. The largest absolute Gasteiger partial charge is 0.390 e. The maximum atomic E-state index is 12.9. The van der Waals surface area contributed by atoms with E-state index in [1.165, 1.54) is 16.7 Å². The Morgan fingerprint density at radius 2 is 2.12 bits per heavy atom. The highest BCUT2D eigenvalue weighted by molar-refractivity contribution is 7.99. The summed E-state index contributed by atoms with van der Waals surface area (Å²) in [5, 5.41) is 23.1. The Bertz CT molecular complexity index is 1060. The summed E-state index contributed by atoms with van der Waals surface area (Å²) in [5.41, 5.74) is 1.56. The van der Waals surface area contributed by atoms with Gasteiger partial charge in [0.15, 0.2) is 0 Å². The van der Waals surface area contributed by atoms with Crippen LogP contribution in [-0.2, 0) is 4.79 Å². The molecule has 0 aliphatic carbocycles. The standard InChI is InChI=1S/C23H27N5O3S/c1-2-23(31)6-9-27(10-7-23)16-3-4-20-19(11-16)18(5-8-25-20)22(30)26-13-21(29)28-15-32-14-17(28)12-24/h3-5,8,11,17,31H,2,6-7,9-10,13-15H2,1H3,(H,26,30)/t17-/m1/s1. The Kier molecular flexibility index (Phi) is 6.53. The molecule has 1 aromatic heterocycles. The number of thioether (sulfide) groups is 1. The molecule has 2 aliphatic heterocycles. The van der Waals surface area contributed by atoms with Gasteiger partial charge in [0, 0.05) is 36.1 Å². The third-order valence-corrected chi connectivity index (χ3v) is 7.45. The Labute approximate surface area is 191 Å². The molecule has 2 aliphatic rings. The average Bonchev–Trinajstić information content (AvgIpc) is 3.31. The second kappa shape index (κ2) is 9.35. The van der Waals surface area contributed by atoms with Crippen molar-refractivity contribution in [1.82, 2.24) is 15.2 Å². The van der Waals surface area contributed by atoms with E-state index in [1.807, 2.05) is 25.1 Å². The molecule has 2 aromatic rings. The molecule has 2 fully saturated rings. The molecule has 2 N–H and O–H groups in total. The molecule has 1 aromatic carbocycles. The van der Waals surface area contributed by atoms with Gasteiger partial charge in [0.1, 0.15) is 6.04 Å². The van der Waals surface area contributed by atoms with Crippen molar-refractivity contribution >= 4 is 40.2 Å². The normalized spacial score (nSPS) is 20.2. The highest BCUT2D eigenvalue weighted by Crippen LogP contribution is 2.30. The van der Waals surface area contributed by atoms with E-state index in [4.69, 9.17) is 5.26 Å². The number of fused-ring (bicyclic) bond motifs is 1. The molecule has 2 saturated heterocycles. The summed E-state index contributed by atoms with van der Waals surface area (Å²) in [7, 11) is 0. The van der Waals surface area contributed by atoms with E-state index in [2.05, 4.69) is 21.3 Å². The lowest BCUT2D eigenvalue weighted by Crippen LogP contribution is -2.44. The summed E-state index contributed by atoms with van der Waals surface area (Å²) < 4.78 is 0. The molecule has 0 spiro atoms. The quantitative estimate of drug-likeness (QED) is 0.714. The maximum Gasteiger partial charge on any atom is 0.252 e. The lowest BCUT2D eigenvalue weighted by atomic mass is 9.89. The fourth-order valence-electron chi connectivity index (χ4n) is 4.21. The fraction of sp³-hybridized carbons (Fsp3) is 0.478. The van der Waals surface area contributed by atoms with Gasteiger partial charge in [0.05, 0.1) is 35.2 Å². The van der Waals surface area contributed by atoms with E-state index in [0.717, 1.165) is 30.6 Å². The van der Waals surface area contributed by atoms with Crippen molar-refractivity contribution < 1.29 is 14.7 Å². The number of aromatic nitrogens is 1. The molecule has 0 saturated carbocycles. The second-order valence-corrected chi connectivity index (χ2v) is 9.32. The lowest BCUT2D eigenvalue weighted by molar-refractivity contribution is -0.129. The summed E-state index contributed by atoms with van der Waals surface area (Å²) in [5.74, 6) is 0.463. The average molecular weight is 454 g/mol. The van der Waals surface area contributed by atoms with Gasteiger partial charge >= 0.3 is 0 Å². The van der Waals surface area contributed by atoms with Gasteiger partial charge in [0.25, 0.3) is 5.91 Å². The van der Waals surface area contributed by atoms with Gasteiger partial charge in [-0.15, -0.1) is 11.8 Å².